The molecule has 0 fully saturated rings. The van der Waals surface area contributed by atoms with Crippen LogP contribution < -0.4 is 15.8 Å². The number of nitrogens with zero attached hydrogens (tertiary/aromatic N) is 2. The second-order valence-corrected chi connectivity index (χ2v) is 4.63. The molecule has 5 nitrogen and oxygen atoms in total. The Labute approximate surface area is 119 Å². The lowest BCUT2D eigenvalue weighted by atomic mass is 10.3. The highest BCUT2D eigenvalue weighted by atomic mass is 16.5. The van der Waals surface area contributed by atoms with Crippen molar-refractivity contribution in [1.29, 1.82) is 0 Å². The molecule has 0 amide bonds. The summed E-state index contributed by atoms with van der Waals surface area (Å²) in [6.07, 6.45) is 1.00. The molecular formula is C15H22N4O. The Bertz CT molecular complexity index is 577. The summed E-state index contributed by atoms with van der Waals surface area (Å²) >= 11 is 0. The Morgan fingerprint density at radius 3 is 2.75 bits per heavy atom. The van der Waals surface area contributed by atoms with Crippen LogP contribution in [0.25, 0.3) is 0 Å². The molecule has 0 aliphatic heterocycles. The van der Waals surface area contributed by atoms with E-state index in [1.165, 1.54) is 0 Å². The van der Waals surface area contributed by atoms with Crippen LogP contribution in [0.4, 0.5) is 17.2 Å². The van der Waals surface area contributed by atoms with Crippen LogP contribution >= 0.6 is 0 Å². The first-order valence-corrected chi connectivity index (χ1v) is 6.99. The topological polar surface area (TPSA) is 65.1 Å². The van der Waals surface area contributed by atoms with E-state index in [0.717, 1.165) is 35.9 Å². The molecule has 1 heterocycles. The molecule has 1 aromatic carbocycles. The van der Waals surface area contributed by atoms with Gasteiger partial charge in [-0.3, -0.25) is 0 Å². The van der Waals surface area contributed by atoms with Crippen molar-refractivity contribution in [3.05, 3.63) is 30.0 Å². The molecule has 0 aliphatic rings. The fourth-order valence-corrected chi connectivity index (χ4v) is 2.08. The molecule has 0 bridgehead atoms. The first kappa shape index (κ1) is 14.2. The Kier molecular flexibility index (Phi) is 4.50. The monoisotopic (exact) mass is 274 g/mol. The van der Waals surface area contributed by atoms with Crippen molar-refractivity contribution in [1.82, 2.24) is 9.78 Å². The Morgan fingerprint density at radius 2 is 2.05 bits per heavy atom. The molecule has 0 unspecified atom stereocenters. The van der Waals surface area contributed by atoms with Gasteiger partial charge in [0.25, 0.3) is 0 Å². The minimum Gasteiger partial charge on any atom is -0.492 e. The van der Waals surface area contributed by atoms with Crippen molar-refractivity contribution in [2.24, 2.45) is 0 Å². The van der Waals surface area contributed by atoms with Crippen LogP contribution in [0.15, 0.2) is 24.3 Å². The molecule has 0 aliphatic carbocycles. The van der Waals surface area contributed by atoms with E-state index in [1.54, 1.807) is 0 Å². The van der Waals surface area contributed by atoms with Crippen LogP contribution in [0.3, 0.4) is 0 Å². The number of aryl methyl sites for hydroxylation is 2. The minimum absolute atomic E-state index is 0.626. The molecule has 5 heteroatoms. The zero-order chi connectivity index (χ0) is 14.5. The second-order valence-electron chi connectivity index (χ2n) is 4.63. The zero-order valence-electron chi connectivity index (χ0n) is 12.3. The number of anilines is 3. The molecule has 0 radical (unpaired) electrons. The number of para-hydroxylation sites is 2. The van der Waals surface area contributed by atoms with Crippen LogP contribution in [-0.4, -0.2) is 16.4 Å². The summed E-state index contributed by atoms with van der Waals surface area (Å²) < 4.78 is 7.53. The molecule has 2 rings (SSSR count). The van der Waals surface area contributed by atoms with Gasteiger partial charge in [0.2, 0.25) is 0 Å². The summed E-state index contributed by atoms with van der Waals surface area (Å²) in [5.74, 6) is 1.65. The summed E-state index contributed by atoms with van der Waals surface area (Å²) in [5, 5.41) is 7.81. The number of hydrogen-bond acceptors (Lipinski definition) is 4. The first-order valence-electron chi connectivity index (χ1n) is 6.99. The van der Waals surface area contributed by atoms with E-state index < -0.39 is 0 Å². The molecule has 0 atom stereocenters. The van der Waals surface area contributed by atoms with E-state index in [2.05, 4.69) is 17.3 Å². The van der Waals surface area contributed by atoms with Crippen molar-refractivity contribution in [3.63, 3.8) is 0 Å². The minimum atomic E-state index is 0.626. The summed E-state index contributed by atoms with van der Waals surface area (Å²) in [4.78, 5) is 0. The third-order valence-electron chi connectivity index (χ3n) is 3.05. The predicted molar refractivity (Wildman–Crippen MR) is 82.6 cm³/mol. The van der Waals surface area contributed by atoms with Crippen LogP contribution in [-0.2, 0) is 6.54 Å². The standard InChI is InChI=1S/C15H22N4O/c1-4-10-19-15(14(16)11(3)18-19)17-12-8-6-7-9-13(12)20-5-2/h6-9,17H,4-5,10,16H2,1-3H3. The quantitative estimate of drug-likeness (QED) is 0.848. The van der Waals surface area contributed by atoms with Gasteiger partial charge in [-0.1, -0.05) is 19.1 Å². The highest BCUT2D eigenvalue weighted by Gasteiger charge is 2.13. The van der Waals surface area contributed by atoms with E-state index in [4.69, 9.17) is 10.5 Å². The normalized spacial score (nSPS) is 10.6. The lowest BCUT2D eigenvalue weighted by Crippen LogP contribution is -2.06. The van der Waals surface area contributed by atoms with E-state index in [9.17, 15) is 0 Å². The molecule has 0 saturated heterocycles. The lowest BCUT2D eigenvalue weighted by Gasteiger charge is -2.14. The van der Waals surface area contributed by atoms with E-state index in [-0.39, 0.29) is 0 Å². The lowest BCUT2D eigenvalue weighted by molar-refractivity contribution is 0.342. The van der Waals surface area contributed by atoms with Crippen LogP contribution in [0.2, 0.25) is 0 Å². The molecule has 0 saturated carbocycles. The third kappa shape index (κ3) is 2.87. The number of nitrogens with two attached hydrogens (primary N) is 1. The number of nitrogens with one attached hydrogen (secondary N) is 1. The van der Waals surface area contributed by atoms with Crippen LogP contribution in [0.5, 0.6) is 5.75 Å². The van der Waals surface area contributed by atoms with Gasteiger partial charge in [0.15, 0.2) is 5.82 Å². The van der Waals surface area contributed by atoms with E-state index >= 15 is 0 Å². The summed E-state index contributed by atoms with van der Waals surface area (Å²) in [6.45, 7) is 7.46. The van der Waals surface area contributed by atoms with Crippen LogP contribution in [0.1, 0.15) is 26.0 Å². The summed E-state index contributed by atoms with van der Waals surface area (Å²) in [6, 6.07) is 7.83. The summed E-state index contributed by atoms with van der Waals surface area (Å²) in [7, 11) is 0. The van der Waals surface area contributed by atoms with Crippen molar-refractivity contribution in [2.75, 3.05) is 17.7 Å². The Hall–Kier alpha value is -2.17. The highest BCUT2D eigenvalue weighted by Crippen LogP contribution is 2.31. The Morgan fingerprint density at radius 1 is 1.30 bits per heavy atom. The smallest absolute Gasteiger partial charge is 0.152 e. The molecule has 20 heavy (non-hydrogen) atoms. The van der Waals surface area contributed by atoms with Gasteiger partial charge >= 0.3 is 0 Å². The van der Waals surface area contributed by atoms with Gasteiger partial charge in [-0.15, -0.1) is 0 Å². The second kappa shape index (κ2) is 6.32. The maximum Gasteiger partial charge on any atom is 0.152 e. The van der Waals surface area contributed by atoms with Crippen molar-refractivity contribution in [3.8, 4) is 5.75 Å². The van der Waals surface area contributed by atoms with E-state index in [0.29, 0.717) is 12.3 Å². The van der Waals surface area contributed by atoms with Gasteiger partial charge in [0.05, 0.1) is 23.7 Å². The zero-order valence-corrected chi connectivity index (χ0v) is 12.3. The number of nitrogen functional groups attached to an aromatic ring is 1. The highest BCUT2D eigenvalue weighted by molar-refractivity contribution is 5.74. The maximum atomic E-state index is 6.12. The number of rotatable bonds is 6. The number of hydrogen-bond donors (Lipinski definition) is 2. The third-order valence-corrected chi connectivity index (χ3v) is 3.05. The van der Waals surface area contributed by atoms with E-state index in [1.807, 2.05) is 42.8 Å². The van der Waals surface area contributed by atoms with Gasteiger partial charge < -0.3 is 15.8 Å². The van der Waals surface area contributed by atoms with Gasteiger partial charge in [-0.25, -0.2) is 4.68 Å². The maximum absolute atomic E-state index is 6.12. The molecule has 108 valence electrons. The molecule has 2 aromatic rings. The average molecular weight is 274 g/mol. The number of aromatic nitrogens is 2. The van der Waals surface area contributed by atoms with Gasteiger partial charge in [0.1, 0.15) is 5.75 Å². The van der Waals surface area contributed by atoms with Crippen molar-refractivity contribution in [2.45, 2.75) is 33.7 Å². The SMILES string of the molecule is CCCn1nc(C)c(N)c1Nc1ccccc1OCC. The molecule has 0 spiro atoms. The van der Waals surface area contributed by atoms with Gasteiger partial charge in [-0.2, -0.15) is 5.10 Å². The first-order chi connectivity index (χ1) is 9.67. The van der Waals surface area contributed by atoms with Gasteiger partial charge in [0, 0.05) is 6.54 Å². The van der Waals surface area contributed by atoms with Gasteiger partial charge in [-0.05, 0) is 32.4 Å². The fraction of sp³-hybridized carbons (Fsp3) is 0.400. The predicted octanol–water partition coefficient (Wildman–Crippen LogP) is 3.33. The number of benzene rings is 1. The average Bonchev–Trinajstić information content (AvgIpc) is 2.69. The molecular weight excluding hydrogens is 252 g/mol. The number of ether oxygens (including phenoxy) is 1. The molecule has 1 aromatic heterocycles. The largest absolute Gasteiger partial charge is 0.492 e. The summed E-state index contributed by atoms with van der Waals surface area (Å²) in [5.41, 5.74) is 8.55. The van der Waals surface area contributed by atoms with Crippen molar-refractivity contribution >= 4 is 17.2 Å². The van der Waals surface area contributed by atoms with Crippen LogP contribution in [0, 0.1) is 6.92 Å². The Balaban J connectivity index is 2.34. The molecule has 3 N–H and O–H groups in total. The van der Waals surface area contributed by atoms with Crippen molar-refractivity contribution < 1.29 is 4.74 Å². The fourth-order valence-electron chi connectivity index (χ4n) is 2.08.